The van der Waals surface area contributed by atoms with E-state index in [2.05, 4.69) is 26.8 Å². The van der Waals surface area contributed by atoms with Crippen molar-refractivity contribution < 1.29 is 4.74 Å². The molecule has 1 atom stereocenters. The first-order chi connectivity index (χ1) is 15.8. The van der Waals surface area contributed by atoms with Crippen LogP contribution in [0.2, 0.25) is 0 Å². The molecule has 1 N–H and O–H groups in total. The molecule has 5 aromatic heterocycles. The molecule has 158 valence electrons. The van der Waals surface area contributed by atoms with Gasteiger partial charge >= 0.3 is 0 Å². The maximum atomic E-state index is 5.67. The quantitative estimate of drug-likeness (QED) is 0.471. The topological polar surface area (TPSA) is 92.7 Å². The summed E-state index contributed by atoms with van der Waals surface area (Å²) in [6.07, 6.45) is 7.24. The van der Waals surface area contributed by atoms with Crippen LogP contribution in [0.15, 0.2) is 61.2 Å². The smallest absolute Gasteiger partial charge is 0.163 e. The molecule has 0 aromatic carbocycles. The zero-order valence-corrected chi connectivity index (χ0v) is 17.6. The van der Waals surface area contributed by atoms with Crippen molar-refractivity contribution in [2.75, 3.05) is 24.7 Å². The van der Waals surface area contributed by atoms with E-state index in [0.717, 1.165) is 51.3 Å². The van der Waals surface area contributed by atoms with Crippen molar-refractivity contribution in [3.63, 3.8) is 0 Å². The van der Waals surface area contributed by atoms with Gasteiger partial charge in [0.1, 0.15) is 11.2 Å². The van der Waals surface area contributed by atoms with Crippen LogP contribution < -0.4 is 4.90 Å². The van der Waals surface area contributed by atoms with Crippen molar-refractivity contribution in [2.45, 2.75) is 13.0 Å². The third-order valence-electron chi connectivity index (χ3n) is 5.82. The summed E-state index contributed by atoms with van der Waals surface area (Å²) in [6, 6.07) is 12.1. The third kappa shape index (κ3) is 3.16. The number of morpholine rings is 1. The molecule has 0 saturated carbocycles. The predicted octanol–water partition coefficient (Wildman–Crippen LogP) is 3.86. The predicted molar refractivity (Wildman–Crippen MR) is 123 cm³/mol. The fourth-order valence-electron chi connectivity index (χ4n) is 4.19. The van der Waals surface area contributed by atoms with Crippen LogP contribution in [-0.4, -0.2) is 55.7 Å². The minimum absolute atomic E-state index is 0.184. The number of hydrogen-bond donors (Lipinski definition) is 1. The number of rotatable bonds is 3. The summed E-state index contributed by atoms with van der Waals surface area (Å²) >= 11 is 0. The third-order valence-corrected chi connectivity index (χ3v) is 5.82. The molecule has 1 saturated heterocycles. The Morgan fingerprint density at radius 2 is 2.03 bits per heavy atom. The molecule has 6 heterocycles. The first-order valence-corrected chi connectivity index (χ1v) is 10.6. The number of anilines is 1. The normalized spacial score (nSPS) is 16.7. The molecule has 0 spiro atoms. The van der Waals surface area contributed by atoms with Crippen LogP contribution in [0.3, 0.4) is 0 Å². The van der Waals surface area contributed by atoms with Gasteiger partial charge in [0.05, 0.1) is 30.5 Å². The molecule has 1 fully saturated rings. The molecule has 8 heteroatoms. The number of fused-ring (bicyclic) bond motifs is 2. The standard InChI is InChI=1S/C24H21N7O/c1-15-14-32-12-11-31(15)24-21-20(5-4-19(28-21)16-3-2-8-25-13-16)29-23(30-24)18-7-10-27-22-17(18)6-9-26-22/h2-10,13,15H,11-12,14H2,1H3,(H,26,27)/t15-/m1/s1. The van der Waals surface area contributed by atoms with E-state index in [1.807, 2.05) is 48.8 Å². The molecule has 1 aliphatic rings. The number of pyridine rings is 3. The summed E-state index contributed by atoms with van der Waals surface area (Å²) in [5, 5.41) is 0.993. The molecule has 5 aromatic rings. The van der Waals surface area contributed by atoms with Crippen LogP contribution in [0.5, 0.6) is 0 Å². The number of aromatic amines is 1. The van der Waals surface area contributed by atoms with Crippen LogP contribution in [0.1, 0.15) is 6.92 Å². The average molecular weight is 423 g/mol. The van der Waals surface area contributed by atoms with E-state index in [9.17, 15) is 0 Å². The van der Waals surface area contributed by atoms with E-state index in [4.69, 9.17) is 19.7 Å². The van der Waals surface area contributed by atoms with Crippen molar-refractivity contribution in [3.05, 3.63) is 61.2 Å². The van der Waals surface area contributed by atoms with Crippen molar-refractivity contribution in [1.82, 2.24) is 29.9 Å². The summed E-state index contributed by atoms with van der Waals surface area (Å²) < 4.78 is 5.67. The van der Waals surface area contributed by atoms with Gasteiger partial charge in [0.25, 0.3) is 0 Å². The second-order valence-corrected chi connectivity index (χ2v) is 7.89. The van der Waals surface area contributed by atoms with E-state index in [1.165, 1.54) is 0 Å². The highest BCUT2D eigenvalue weighted by atomic mass is 16.5. The van der Waals surface area contributed by atoms with Gasteiger partial charge in [-0.2, -0.15) is 0 Å². The molecule has 0 aliphatic carbocycles. The van der Waals surface area contributed by atoms with Crippen LogP contribution in [-0.2, 0) is 4.74 Å². The summed E-state index contributed by atoms with van der Waals surface area (Å²) in [7, 11) is 0. The van der Waals surface area contributed by atoms with E-state index < -0.39 is 0 Å². The van der Waals surface area contributed by atoms with Gasteiger partial charge in [-0.15, -0.1) is 0 Å². The largest absolute Gasteiger partial charge is 0.377 e. The molecule has 0 radical (unpaired) electrons. The molecule has 0 amide bonds. The van der Waals surface area contributed by atoms with Gasteiger partial charge in [-0.25, -0.2) is 19.9 Å². The van der Waals surface area contributed by atoms with Gasteiger partial charge in [-0.05, 0) is 43.3 Å². The van der Waals surface area contributed by atoms with E-state index in [0.29, 0.717) is 19.0 Å². The summed E-state index contributed by atoms with van der Waals surface area (Å²) in [5.41, 5.74) is 5.15. The van der Waals surface area contributed by atoms with Crippen LogP contribution >= 0.6 is 0 Å². The van der Waals surface area contributed by atoms with E-state index in [1.54, 1.807) is 12.4 Å². The van der Waals surface area contributed by atoms with Crippen LogP contribution in [0.4, 0.5) is 5.82 Å². The molecule has 8 nitrogen and oxygen atoms in total. The molecule has 0 bridgehead atoms. The second-order valence-electron chi connectivity index (χ2n) is 7.89. The first-order valence-electron chi connectivity index (χ1n) is 10.6. The van der Waals surface area contributed by atoms with Gasteiger partial charge in [-0.1, -0.05) is 0 Å². The van der Waals surface area contributed by atoms with Crippen molar-refractivity contribution in [1.29, 1.82) is 0 Å². The Balaban J connectivity index is 1.59. The Morgan fingerprint density at radius 1 is 1.06 bits per heavy atom. The summed E-state index contributed by atoms with van der Waals surface area (Å²) in [4.78, 5) is 29.0. The second kappa shape index (κ2) is 7.65. The van der Waals surface area contributed by atoms with Crippen LogP contribution in [0.25, 0.3) is 44.7 Å². The van der Waals surface area contributed by atoms with Crippen molar-refractivity contribution in [2.24, 2.45) is 0 Å². The van der Waals surface area contributed by atoms with Gasteiger partial charge in [-0.3, -0.25) is 4.98 Å². The molecule has 6 rings (SSSR count). The number of H-pyrrole nitrogens is 1. The number of nitrogens with zero attached hydrogens (tertiary/aromatic N) is 6. The monoisotopic (exact) mass is 423 g/mol. The molecule has 0 unspecified atom stereocenters. The minimum atomic E-state index is 0.184. The van der Waals surface area contributed by atoms with E-state index >= 15 is 0 Å². The lowest BCUT2D eigenvalue weighted by Gasteiger charge is -2.34. The zero-order chi connectivity index (χ0) is 21.5. The Morgan fingerprint density at radius 3 is 2.91 bits per heavy atom. The van der Waals surface area contributed by atoms with Gasteiger partial charge < -0.3 is 14.6 Å². The SMILES string of the molecule is C[C@@H]1COCCN1c1nc(-c2ccnc3[nH]ccc23)nc2ccc(-c3cccnc3)nc12. The van der Waals surface area contributed by atoms with Crippen molar-refractivity contribution >= 4 is 27.9 Å². The highest BCUT2D eigenvalue weighted by Gasteiger charge is 2.25. The average Bonchev–Trinajstić information content (AvgIpc) is 3.33. The number of nitrogens with one attached hydrogen (secondary N) is 1. The molecular formula is C24H21N7O. The maximum absolute atomic E-state index is 5.67. The molecular weight excluding hydrogens is 402 g/mol. The lowest BCUT2D eigenvalue weighted by atomic mass is 10.1. The maximum Gasteiger partial charge on any atom is 0.163 e. The van der Waals surface area contributed by atoms with Crippen LogP contribution in [0, 0.1) is 0 Å². The zero-order valence-electron chi connectivity index (χ0n) is 17.6. The lowest BCUT2D eigenvalue weighted by molar-refractivity contribution is 0.0987. The van der Waals surface area contributed by atoms with E-state index in [-0.39, 0.29) is 6.04 Å². The Labute approximate surface area is 184 Å². The van der Waals surface area contributed by atoms with Gasteiger partial charge in [0.15, 0.2) is 11.6 Å². The summed E-state index contributed by atoms with van der Waals surface area (Å²) in [6.45, 7) is 4.21. The first kappa shape index (κ1) is 18.8. The fraction of sp³-hybridized carbons (Fsp3) is 0.208. The Bertz CT molecular complexity index is 1420. The minimum Gasteiger partial charge on any atom is -0.377 e. The number of hydrogen-bond acceptors (Lipinski definition) is 7. The highest BCUT2D eigenvalue weighted by molar-refractivity contribution is 5.94. The molecule has 32 heavy (non-hydrogen) atoms. The Hall–Kier alpha value is -3.91. The Kier molecular flexibility index (Phi) is 4.50. The molecule has 1 aliphatic heterocycles. The fourth-order valence-corrected chi connectivity index (χ4v) is 4.19. The van der Waals surface area contributed by atoms with Crippen molar-refractivity contribution in [3.8, 4) is 22.6 Å². The lowest BCUT2D eigenvalue weighted by Crippen LogP contribution is -2.44. The highest BCUT2D eigenvalue weighted by Crippen LogP contribution is 2.32. The van der Waals surface area contributed by atoms with Gasteiger partial charge in [0, 0.05) is 47.8 Å². The number of ether oxygens (including phenoxy) is 1. The number of aromatic nitrogens is 6. The van der Waals surface area contributed by atoms with Gasteiger partial charge in [0.2, 0.25) is 0 Å². The summed E-state index contributed by atoms with van der Waals surface area (Å²) in [5.74, 6) is 1.49.